The Morgan fingerprint density at radius 2 is 0.800 bits per heavy atom. The Labute approximate surface area is 552 Å². The van der Waals surface area contributed by atoms with E-state index >= 15 is 0 Å². The van der Waals surface area contributed by atoms with Crippen molar-refractivity contribution in [2.24, 2.45) is 17.2 Å². The largest absolute Gasteiger partial charge is 0.369 e. The number of nitrogens with one attached hydrogen (secondary N) is 10. The summed E-state index contributed by atoms with van der Waals surface area (Å²) in [6.45, 7) is 18.7. The fourth-order valence-electron chi connectivity index (χ4n) is 9.11. The van der Waals surface area contributed by atoms with Gasteiger partial charge in [0, 0.05) is 26.2 Å². The molecule has 40 heteroatoms. The van der Waals surface area contributed by atoms with Crippen molar-refractivity contribution >= 4 is 73.9 Å². The van der Waals surface area contributed by atoms with E-state index < -0.39 is 51.4 Å². The first-order valence-corrected chi connectivity index (χ1v) is 37.7. The quantitative estimate of drug-likeness (QED) is 0.0136. The highest BCUT2D eigenvalue weighted by Crippen LogP contribution is 2.37. The van der Waals surface area contributed by atoms with E-state index in [1.54, 1.807) is 27.5 Å². The summed E-state index contributed by atoms with van der Waals surface area (Å²) in [6.07, 6.45) is 16.0. The number of H-pyrrole nitrogens is 3. The molecule has 0 radical (unpaired) electrons. The molecule has 0 spiro atoms. The van der Waals surface area contributed by atoms with Crippen molar-refractivity contribution in [2.75, 3.05) is 134 Å². The van der Waals surface area contributed by atoms with Gasteiger partial charge in [0.2, 0.25) is 17.8 Å². The Morgan fingerprint density at radius 1 is 0.484 bits per heavy atom. The molecule has 0 aliphatic carbocycles. The number of rotatable bonds is 50. The van der Waals surface area contributed by atoms with Gasteiger partial charge in [-0.3, -0.25) is 43.0 Å². The van der Waals surface area contributed by atoms with Gasteiger partial charge in [-0.05, 0) is 149 Å². The summed E-state index contributed by atoms with van der Waals surface area (Å²) in [5.41, 5.74) is 34.0. The normalized spacial score (nSPS) is 14.2. The van der Waals surface area contributed by atoms with Crippen LogP contribution in [0.5, 0.6) is 0 Å². The molecule has 0 aliphatic heterocycles. The molecule has 0 aromatic carbocycles. The van der Waals surface area contributed by atoms with E-state index in [-0.39, 0.29) is 66.6 Å². The van der Waals surface area contributed by atoms with Crippen LogP contribution in [0.2, 0.25) is 0 Å². The van der Waals surface area contributed by atoms with Gasteiger partial charge in [0.05, 0.1) is 50.9 Å². The number of unbranched alkanes of at least 4 members (excludes halogenated alkanes) is 6. The van der Waals surface area contributed by atoms with Gasteiger partial charge in [-0.15, -0.1) is 0 Å². The van der Waals surface area contributed by atoms with E-state index in [9.17, 15) is 42.8 Å². The molecular weight excluding hydrogens is 1300 g/mol. The minimum atomic E-state index is -3.61. The van der Waals surface area contributed by atoms with Crippen LogP contribution < -0.4 is 87.6 Å². The Balaban J connectivity index is 0.000000304. The molecule has 6 aromatic heterocycles. The summed E-state index contributed by atoms with van der Waals surface area (Å²) < 4.78 is 58.0. The molecule has 538 valence electrons. The second-order valence-electron chi connectivity index (χ2n) is 22.8. The molecule has 0 fully saturated rings. The summed E-state index contributed by atoms with van der Waals surface area (Å²) in [4.78, 5) is 97.1. The predicted octanol–water partition coefficient (Wildman–Crippen LogP) is -0.00830. The predicted molar refractivity (Wildman–Crippen MR) is 371 cm³/mol. The van der Waals surface area contributed by atoms with Gasteiger partial charge in [0.25, 0.3) is 39.2 Å². The van der Waals surface area contributed by atoms with E-state index in [1.807, 2.05) is 0 Å². The van der Waals surface area contributed by atoms with Gasteiger partial charge >= 0.3 is 0 Å². The maximum Gasteiger partial charge on any atom is 0.292 e. The molecule has 0 amide bonds. The number of fused-ring (bicyclic) bond motifs is 3. The number of anilines is 3. The Bertz CT molecular complexity index is 3490. The van der Waals surface area contributed by atoms with Crippen molar-refractivity contribution in [3.63, 3.8) is 0 Å². The van der Waals surface area contributed by atoms with Crippen LogP contribution in [0.25, 0.3) is 33.5 Å². The summed E-state index contributed by atoms with van der Waals surface area (Å²) in [7, 11) is -10.8. The van der Waals surface area contributed by atoms with Crippen LogP contribution in [0.1, 0.15) is 97.3 Å². The summed E-state index contributed by atoms with van der Waals surface area (Å²) in [5.74, 6) is -0.00981. The van der Waals surface area contributed by atoms with Crippen LogP contribution in [0.15, 0.2) is 45.5 Å². The van der Waals surface area contributed by atoms with Gasteiger partial charge in [0.1, 0.15) is 19.0 Å². The van der Waals surface area contributed by atoms with Crippen molar-refractivity contribution in [3.8, 4) is 0 Å². The summed E-state index contributed by atoms with van der Waals surface area (Å²) in [5, 5.41) is 21.2. The van der Waals surface area contributed by atoms with Crippen LogP contribution in [0, 0.1) is 0 Å². The molecule has 0 saturated heterocycles. The molecule has 6 aromatic rings. The maximum atomic E-state index is 12.3. The number of nitrogens with two attached hydrogens (primary N) is 6. The van der Waals surface area contributed by atoms with Crippen molar-refractivity contribution in [1.82, 2.24) is 95.1 Å². The van der Waals surface area contributed by atoms with Crippen LogP contribution in [-0.4, -0.2) is 203 Å². The molecule has 0 aliphatic rings. The van der Waals surface area contributed by atoms with Gasteiger partial charge in [0.15, 0.2) is 33.5 Å². The third-order valence-electron chi connectivity index (χ3n) is 14.0. The molecule has 5 unspecified atom stereocenters. The Morgan fingerprint density at radius 3 is 1.21 bits per heavy atom. The van der Waals surface area contributed by atoms with Gasteiger partial charge in [-0.2, -0.15) is 15.0 Å². The standard InChI is InChI=1S/C20H39N8O4P.C18H36N9O4P.C17H31N8O4P/c1-16(13-28-14-24-17-18(28)26-20(22)27-19(17)29)32-15-33(30,31)25-12-8-11-23-10-7-5-3-2-4-6-9-21;1-14(11-27-12-23-15-16(27)25-18(20)26-17(15)28)31-13-32(29,30)24-10-4-9-22-8-3-7-21-6-2-5-19;1-13(9-25-11-21-14-15(25)23-17(19)24-16(14)26)10-29-12-30(27,28)22-8-4-7-20-6-3-2-5-18/h14,16,23H,2-13,15,21H2,1H3,(H2,25,30,31)(H3,22,26,27,29);12,14,21-22H,2-11,13,19H2,1H3,(H2,24,29,30)(H3,20,25,26,28);11,20H,1-10,12,18H2,(H2,22,27,28)(H3,19,23,24,26). The van der Waals surface area contributed by atoms with Gasteiger partial charge in [-0.1, -0.05) is 32.3 Å². The molecule has 5 atom stereocenters. The van der Waals surface area contributed by atoms with Crippen molar-refractivity contribution < 1.29 is 42.6 Å². The monoisotopic (exact) mass is 1400 g/mol. The second kappa shape index (κ2) is 44.9. The van der Waals surface area contributed by atoms with Crippen LogP contribution in [0.4, 0.5) is 17.8 Å². The van der Waals surface area contributed by atoms with E-state index in [0.29, 0.717) is 68.3 Å². The zero-order valence-corrected chi connectivity index (χ0v) is 57.7. The fourth-order valence-corrected chi connectivity index (χ4v) is 12.2. The highest BCUT2D eigenvalue weighted by molar-refractivity contribution is 7.56. The first-order valence-electron chi connectivity index (χ1n) is 32.2. The molecule has 0 bridgehead atoms. The van der Waals surface area contributed by atoms with Crippen LogP contribution in [-0.2, 0) is 47.5 Å². The van der Waals surface area contributed by atoms with E-state index in [1.165, 1.54) is 44.7 Å². The second-order valence-corrected chi connectivity index (χ2v) is 28.7. The summed E-state index contributed by atoms with van der Waals surface area (Å²) >= 11 is 0. The third-order valence-corrected chi connectivity index (χ3v) is 17.7. The van der Waals surface area contributed by atoms with Crippen molar-refractivity contribution in [2.45, 2.75) is 129 Å². The lowest BCUT2D eigenvalue weighted by molar-refractivity contribution is 0.0816. The lowest BCUT2D eigenvalue weighted by atomic mass is 10.1. The smallest absolute Gasteiger partial charge is 0.292 e. The SMILES string of the molecule is C=C(COCP(=O)(O)NCCCNCCCCN)Cn1cnc2c(=O)[nH]c(N)nc21.CC(Cn1cnc2c(=O)[nH]c(N)nc21)OCP(=O)(O)NCCCNCCCCCCCCN.CC(Cn1cnc2c(=O)[nH]c(N)nc21)OCP(=O)(O)NCCCNCCCNCCCN. The molecule has 0 saturated carbocycles. The maximum absolute atomic E-state index is 12.3. The molecule has 37 nitrogen and oxygen atoms in total. The van der Waals surface area contributed by atoms with E-state index in [0.717, 1.165) is 117 Å². The van der Waals surface area contributed by atoms with Crippen LogP contribution >= 0.6 is 22.6 Å². The molecular formula is C55H106N25O12P3. The Kier molecular flexibility index (Phi) is 38.6. The van der Waals surface area contributed by atoms with E-state index in [4.69, 9.17) is 48.6 Å². The van der Waals surface area contributed by atoms with Crippen molar-refractivity contribution in [1.29, 1.82) is 0 Å². The lowest BCUT2D eigenvalue weighted by Gasteiger charge is -2.18. The number of aromatic nitrogens is 12. The number of aromatic amines is 3. The fraction of sp³-hybridized carbons (Fsp3) is 0.691. The molecule has 6 rings (SSSR count). The highest BCUT2D eigenvalue weighted by atomic mass is 31.2. The van der Waals surface area contributed by atoms with Crippen molar-refractivity contribution in [3.05, 3.63) is 62.2 Å². The minimum absolute atomic E-state index is 0.000281. The Hall–Kier alpha value is -5.76. The number of ether oxygens (including phenoxy) is 3. The zero-order valence-electron chi connectivity index (χ0n) is 55.0. The first-order chi connectivity index (χ1) is 45.5. The lowest BCUT2D eigenvalue weighted by Crippen LogP contribution is -2.26. The zero-order chi connectivity index (χ0) is 69.5. The summed E-state index contributed by atoms with van der Waals surface area (Å²) in [6, 6.07) is 0. The van der Waals surface area contributed by atoms with Gasteiger partial charge < -0.3 is 98.3 Å². The average Bonchev–Trinajstić information content (AvgIpc) is 1.70. The number of hydrogen-bond donors (Lipinski definition) is 19. The van der Waals surface area contributed by atoms with E-state index in [2.05, 4.69) is 88.0 Å². The molecule has 25 N–H and O–H groups in total. The number of imidazole rings is 3. The van der Waals surface area contributed by atoms with Gasteiger partial charge in [-0.25, -0.2) is 30.2 Å². The first kappa shape index (κ1) is 81.7. The third kappa shape index (κ3) is 33.4. The highest BCUT2D eigenvalue weighted by Gasteiger charge is 2.23. The molecule has 6 heterocycles. The average molecular weight is 1400 g/mol. The minimum Gasteiger partial charge on any atom is -0.369 e. The molecule has 95 heavy (non-hydrogen) atoms. The number of hydrogen-bond acceptors (Lipinski definition) is 25. The number of nitrogen functional groups attached to an aromatic ring is 3. The topological polar surface area (TPSA) is 571 Å². The number of nitrogens with zero attached hydrogens (tertiary/aromatic N) is 9. The van der Waals surface area contributed by atoms with Crippen LogP contribution in [0.3, 0.4) is 0 Å².